The molecule has 53 heavy (non-hydrogen) atoms. The molecule has 0 spiro atoms. The summed E-state index contributed by atoms with van der Waals surface area (Å²) in [6.07, 6.45) is 4.76. The van der Waals surface area contributed by atoms with Crippen LogP contribution in [0.15, 0.2) is 103 Å². The first kappa shape index (κ1) is 27.6. The van der Waals surface area contributed by atoms with Crippen LogP contribution in [0, 0.1) is 28.7 Å². The summed E-state index contributed by atoms with van der Waals surface area (Å²) < 4.78 is 62.9. The first-order chi connectivity index (χ1) is 28.0. The molecule has 6 heteroatoms. The Morgan fingerprint density at radius 3 is 2.43 bits per heavy atom. The fourth-order valence-electron chi connectivity index (χ4n) is 7.69. The zero-order valence-corrected chi connectivity index (χ0v) is 32.3. The minimum Gasteiger partial charge on any atom is -0.0622 e. The van der Waals surface area contributed by atoms with Crippen molar-refractivity contribution in [2.24, 2.45) is 12.9 Å². The molecule has 0 bridgehead atoms. The van der Waals surface area contributed by atoms with Crippen molar-refractivity contribution in [1.82, 2.24) is 18.7 Å². The summed E-state index contributed by atoms with van der Waals surface area (Å²) in [7, 11) is 0. The van der Waals surface area contributed by atoms with E-state index in [1.165, 1.54) is 15.7 Å². The van der Waals surface area contributed by atoms with Gasteiger partial charge < -0.3 is 0 Å². The molecule has 3 heterocycles. The Morgan fingerprint density at radius 2 is 1.64 bits per heavy atom. The number of rotatable bonds is 5. The van der Waals surface area contributed by atoms with Crippen molar-refractivity contribution >= 4 is 32.8 Å². The Morgan fingerprint density at radius 1 is 0.830 bits per heavy atom. The molecule has 1 aliphatic rings. The molecular weight excluding hydrogens is 832 g/mol. The maximum atomic E-state index is 8.66. The van der Waals surface area contributed by atoms with Gasteiger partial charge in [-0.15, -0.1) is 0 Å². The van der Waals surface area contributed by atoms with Gasteiger partial charge in [0, 0.05) is 15.9 Å². The number of hydrogen-bond donors (Lipinski definition) is 0. The Balaban J connectivity index is 1.18. The van der Waals surface area contributed by atoms with Crippen LogP contribution in [0.4, 0.5) is 0 Å². The van der Waals surface area contributed by atoms with Gasteiger partial charge >= 0.3 is 198 Å². The van der Waals surface area contributed by atoms with Crippen LogP contribution in [-0.2, 0) is 44.6 Å². The molecule has 0 fully saturated rings. The molecule has 9 rings (SSSR count). The van der Waals surface area contributed by atoms with E-state index < -0.39 is 13.8 Å². The molecule has 3 aromatic heterocycles. The summed E-state index contributed by atoms with van der Waals surface area (Å²) >= 11 is 2.05. The molecule has 0 saturated heterocycles. The van der Waals surface area contributed by atoms with Crippen LogP contribution in [0.2, 0.25) is 0 Å². The zero-order chi connectivity index (χ0) is 41.6. The Kier molecular flexibility index (Phi) is 6.69. The maximum absolute atomic E-state index is 8.66. The number of aryl methyl sites for hydroxylation is 3. The van der Waals surface area contributed by atoms with E-state index in [4.69, 9.17) is 17.9 Å². The fourth-order valence-corrected chi connectivity index (χ4v) is 8.51. The van der Waals surface area contributed by atoms with Crippen LogP contribution in [0.1, 0.15) is 64.6 Å². The third-order valence-electron chi connectivity index (χ3n) is 10.5. The molecule has 1 atom stereocenters. The summed E-state index contributed by atoms with van der Waals surface area (Å²) in [4.78, 5) is 4.98. The van der Waals surface area contributed by atoms with Gasteiger partial charge in [-0.25, -0.2) is 0 Å². The van der Waals surface area contributed by atoms with Crippen molar-refractivity contribution < 1.29 is 32.3 Å². The van der Waals surface area contributed by atoms with E-state index in [-0.39, 0.29) is 11.0 Å². The molecule has 0 amide bonds. The monoisotopic (exact) mass is 879 g/mol. The number of para-hydroxylation sites is 2. The normalized spacial score (nSPS) is 16.8. The SMILES string of the molecule is [2H]C([2H])([2H])c1cc(-n2c3[c-]c(Oc4[c-]c(-n5[c](=[Pt])n(C([2H])([2H])[2H])c6ccccc65)ccc4)ccc3c3cc4c(cc32)CCC(C)C4)ncc1-c1ccc(C(C)(C)C)cc1. The Bertz CT molecular complexity index is 3000. The van der Waals surface area contributed by atoms with Crippen LogP contribution in [-0.4, -0.2) is 18.7 Å². The molecular formula is C47H42N4OPt-2. The van der Waals surface area contributed by atoms with Gasteiger partial charge in [0.2, 0.25) is 0 Å². The number of benzene rings is 5. The number of imidazole rings is 1. The molecule has 0 N–H and O–H groups in total. The first-order valence-electron chi connectivity index (χ1n) is 21.0. The zero-order valence-electron chi connectivity index (χ0n) is 36.0. The van der Waals surface area contributed by atoms with Gasteiger partial charge in [0.25, 0.3) is 0 Å². The van der Waals surface area contributed by atoms with E-state index in [0.717, 1.165) is 52.2 Å². The minimum atomic E-state index is -2.41. The number of nitrogens with zero attached hydrogens (tertiary/aromatic N) is 4. The summed E-state index contributed by atoms with van der Waals surface area (Å²) in [6.45, 7) is 3.97. The minimum absolute atomic E-state index is 0.0397. The summed E-state index contributed by atoms with van der Waals surface area (Å²) in [5.74, 6) is 1.93. The smallest absolute Gasteiger partial charge is 0.0622 e. The molecule has 0 radical (unpaired) electrons. The molecule has 1 unspecified atom stereocenters. The van der Waals surface area contributed by atoms with Crippen LogP contribution in [0.25, 0.3) is 55.5 Å². The first-order valence-corrected chi connectivity index (χ1v) is 19.1. The molecule has 268 valence electrons. The van der Waals surface area contributed by atoms with Gasteiger partial charge in [-0.2, -0.15) is 0 Å². The fraction of sp³-hybridized carbons (Fsp3) is 0.234. The van der Waals surface area contributed by atoms with Crippen molar-refractivity contribution in [3.63, 3.8) is 0 Å². The third kappa shape index (κ3) is 5.90. The van der Waals surface area contributed by atoms with E-state index >= 15 is 0 Å². The van der Waals surface area contributed by atoms with E-state index in [0.29, 0.717) is 49.3 Å². The Hall–Kier alpha value is -4.99. The van der Waals surface area contributed by atoms with Crippen LogP contribution in [0.3, 0.4) is 0 Å². The van der Waals surface area contributed by atoms with Crippen molar-refractivity contribution in [3.8, 4) is 34.1 Å². The summed E-state index contributed by atoms with van der Waals surface area (Å²) in [5.41, 5.74) is 8.91. The topological polar surface area (TPSA) is 36.9 Å². The van der Waals surface area contributed by atoms with Gasteiger partial charge in [0.15, 0.2) is 0 Å². The number of pyridine rings is 1. The van der Waals surface area contributed by atoms with E-state index in [1.54, 1.807) is 24.4 Å². The Labute approximate surface area is 330 Å². The molecule has 5 aromatic carbocycles. The van der Waals surface area contributed by atoms with E-state index in [1.807, 2.05) is 83.1 Å². The van der Waals surface area contributed by atoms with Crippen molar-refractivity contribution in [1.29, 1.82) is 0 Å². The van der Waals surface area contributed by atoms with E-state index in [2.05, 4.69) is 64.1 Å². The van der Waals surface area contributed by atoms with Crippen molar-refractivity contribution in [3.05, 3.63) is 141 Å². The number of fused-ring (bicyclic) bond motifs is 5. The van der Waals surface area contributed by atoms with Gasteiger partial charge in [0.1, 0.15) is 0 Å². The summed E-state index contributed by atoms with van der Waals surface area (Å²) in [5, 5.41) is 1.99. The predicted molar refractivity (Wildman–Crippen MR) is 212 cm³/mol. The molecule has 0 saturated carbocycles. The third-order valence-corrected chi connectivity index (χ3v) is 11.6. The van der Waals surface area contributed by atoms with Crippen molar-refractivity contribution in [2.75, 3.05) is 0 Å². The van der Waals surface area contributed by atoms with Crippen LogP contribution in [0.5, 0.6) is 11.5 Å². The average Bonchev–Trinajstić information content (AvgIpc) is 3.66. The van der Waals surface area contributed by atoms with E-state index in [9.17, 15) is 0 Å². The molecule has 0 aliphatic heterocycles. The van der Waals surface area contributed by atoms with Crippen LogP contribution >= 0.6 is 0 Å². The molecule has 5 nitrogen and oxygen atoms in total. The summed E-state index contributed by atoms with van der Waals surface area (Å²) in [6, 6.07) is 38.1. The van der Waals surface area contributed by atoms with Crippen LogP contribution < -0.4 is 4.74 Å². The average molecular weight is 880 g/mol. The molecule has 1 aliphatic carbocycles. The standard InChI is InChI=1S/C47H42N4O.Pt/c1-30-14-15-33-25-44-40(24-34(33)22-30)39-21-20-38(52-37-11-9-10-36(26-37)50-29-49(6)42-12-7-8-13-43(42)50)27-45(39)51(44)46-23-31(2)41(28-48-46)32-16-18-35(19-17-32)47(3,4)5;/h7-13,16-21,23-25,28,30H,14-15,22H2,1-6H3;/q-2;/i2D3,6D3;. The second-order valence-electron chi connectivity index (χ2n) is 15.2. The van der Waals surface area contributed by atoms with Gasteiger partial charge in [0.05, 0.1) is 0 Å². The number of hydrogen-bond acceptors (Lipinski definition) is 2. The second-order valence-corrected chi connectivity index (χ2v) is 16.2. The second kappa shape index (κ2) is 12.8. The van der Waals surface area contributed by atoms with Gasteiger partial charge in [-0.05, 0) is 65.3 Å². The number of aromatic nitrogens is 4. The quantitative estimate of drug-likeness (QED) is 0.162. The van der Waals surface area contributed by atoms with Crippen molar-refractivity contribution in [2.45, 2.75) is 59.2 Å². The van der Waals surface area contributed by atoms with Gasteiger partial charge in [-0.3, -0.25) is 0 Å². The number of ether oxygens (including phenoxy) is 1. The van der Waals surface area contributed by atoms with Gasteiger partial charge in [-0.1, -0.05) is 52.0 Å². The molecule has 8 aromatic rings. The predicted octanol–water partition coefficient (Wildman–Crippen LogP) is 11.3.